The summed E-state index contributed by atoms with van der Waals surface area (Å²) in [6.07, 6.45) is -5.62. The first-order valence-corrected chi connectivity index (χ1v) is 16.1. The lowest BCUT2D eigenvalue weighted by atomic mass is 10.0. The van der Waals surface area contributed by atoms with E-state index in [2.05, 4.69) is 4.98 Å². The van der Waals surface area contributed by atoms with Gasteiger partial charge in [0, 0.05) is 22.3 Å². The Morgan fingerprint density at radius 1 is 0.830 bits per heavy atom. The number of carbonyl (C=O) groups is 1. The molecule has 0 radical (unpaired) electrons. The highest BCUT2D eigenvalue weighted by molar-refractivity contribution is 7.46. The third kappa shape index (κ3) is 8.07. The number of rotatable bonds is 12. The normalized spacial score (nSPS) is 15.0. The van der Waals surface area contributed by atoms with Crippen molar-refractivity contribution in [2.75, 3.05) is 24.4 Å². The minimum absolute atomic E-state index is 0.0430. The predicted octanol–water partition coefficient (Wildman–Crippen LogP) is 8.26. The van der Waals surface area contributed by atoms with Crippen molar-refractivity contribution in [3.05, 3.63) is 136 Å². The minimum atomic E-state index is -4.59. The molecule has 0 spiro atoms. The summed E-state index contributed by atoms with van der Waals surface area (Å²) in [7, 11) is -1.42. The molecule has 8 nitrogen and oxygen atoms in total. The van der Waals surface area contributed by atoms with Crippen LogP contribution in [0.2, 0.25) is 0 Å². The molecule has 2 heterocycles. The van der Waals surface area contributed by atoms with Crippen molar-refractivity contribution in [1.29, 1.82) is 0 Å². The first-order chi connectivity index (χ1) is 22.7. The van der Waals surface area contributed by atoms with Crippen LogP contribution >= 0.6 is 8.38 Å². The van der Waals surface area contributed by atoms with Crippen molar-refractivity contribution < 1.29 is 36.5 Å². The second-order valence-corrected chi connectivity index (χ2v) is 12.2. The molecule has 1 N–H and O–H groups in total. The topological polar surface area (TPSA) is 90.1 Å². The highest BCUT2D eigenvalue weighted by Gasteiger charge is 2.34. The number of nitrogens with one attached hydrogen (secondary N) is 1. The molecule has 1 unspecified atom stereocenters. The number of fused-ring (bicyclic) bond motifs is 1. The summed E-state index contributed by atoms with van der Waals surface area (Å²) in [5.41, 5.74) is 0.898. The highest BCUT2D eigenvalue weighted by atomic mass is 31.2. The fourth-order valence-electron chi connectivity index (χ4n) is 5.16. The van der Waals surface area contributed by atoms with E-state index in [1.807, 2.05) is 60.7 Å². The molecule has 4 aromatic carbocycles. The number of hydrogen-bond acceptors (Lipinski definition) is 6. The maximum atomic E-state index is 13.6. The molecular weight excluding hydrogens is 632 g/mol. The number of benzene rings is 4. The Labute approximate surface area is 269 Å². The predicted molar refractivity (Wildman–Crippen MR) is 173 cm³/mol. The lowest BCUT2D eigenvalue weighted by Crippen LogP contribution is -2.26. The van der Waals surface area contributed by atoms with Gasteiger partial charge in [0.1, 0.15) is 12.5 Å². The maximum absolute atomic E-state index is 13.6. The number of aromatic amines is 1. The van der Waals surface area contributed by atoms with Crippen LogP contribution in [0.4, 0.5) is 23.7 Å². The first-order valence-electron chi connectivity index (χ1n) is 14.8. The molecule has 1 aromatic heterocycles. The molecule has 0 aliphatic carbocycles. The van der Waals surface area contributed by atoms with Gasteiger partial charge in [0.05, 0.1) is 31.9 Å². The van der Waals surface area contributed by atoms with Gasteiger partial charge in [-0.05, 0) is 40.8 Å². The van der Waals surface area contributed by atoms with E-state index in [9.17, 15) is 22.8 Å². The molecule has 5 aromatic rings. The van der Waals surface area contributed by atoms with E-state index in [0.29, 0.717) is 24.3 Å². The zero-order chi connectivity index (χ0) is 32.8. The number of hydrogen-bond donors (Lipinski definition) is 1. The summed E-state index contributed by atoms with van der Waals surface area (Å²) in [4.78, 5) is 29.8. The number of anilines is 1. The van der Waals surface area contributed by atoms with E-state index in [0.717, 1.165) is 17.2 Å². The molecule has 1 fully saturated rings. The van der Waals surface area contributed by atoms with Gasteiger partial charge in [-0.15, -0.1) is 0 Å². The van der Waals surface area contributed by atoms with Gasteiger partial charge in [-0.3, -0.25) is 9.69 Å². The fourth-order valence-corrected chi connectivity index (χ4v) is 6.22. The summed E-state index contributed by atoms with van der Waals surface area (Å²) in [6, 6.07) is 30.7. The van der Waals surface area contributed by atoms with Gasteiger partial charge in [-0.2, -0.15) is 13.2 Å². The number of halogens is 3. The average Bonchev–Trinajstić information content (AvgIpc) is 3.46. The van der Waals surface area contributed by atoms with Gasteiger partial charge >= 0.3 is 12.3 Å². The van der Waals surface area contributed by atoms with E-state index in [-0.39, 0.29) is 36.1 Å². The minimum Gasteiger partial charge on any atom is -0.441 e. The fraction of sp³-hybridized carbons (Fsp3) is 0.200. The smallest absolute Gasteiger partial charge is 0.417 e. The van der Waals surface area contributed by atoms with E-state index in [1.54, 1.807) is 12.1 Å². The van der Waals surface area contributed by atoms with Crippen molar-refractivity contribution in [2.24, 2.45) is 0 Å². The summed E-state index contributed by atoms with van der Waals surface area (Å²) in [5.74, 6) is 0. The second kappa shape index (κ2) is 14.5. The van der Waals surface area contributed by atoms with Crippen molar-refractivity contribution in [2.45, 2.75) is 25.5 Å². The van der Waals surface area contributed by atoms with Crippen molar-refractivity contribution in [3.63, 3.8) is 0 Å². The molecular formula is C35H30F3N2O6P. The van der Waals surface area contributed by atoms with Gasteiger partial charge in [-0.25, -0.2) is 4.79 Å². The molecule has 0 saturated carbocycles. The number of pyridine rings is 1. The van der Waals surface area contributed by atoms with Crippen LogP contribution in [0, 0.1) is 0 Å². The molecule has 47 heavy (non-hydrogen) atoms. The molecule has 1 saturated heterocycles. The molecule has 1 aliphatic heterocycles. The first kappa shape index (κ1) is 32.4. The SMILES string of the molecule is O=C1OC(COCP(OCc2ccccc2)OCc2ccccc2)CN1c1ccc2cc(-c3ccccc3C(F)(F)F)[nH]c(=O)c2c1. The maximum Gasteiger partial charge on any atom is 0.417 e. The standard InChI is InChI=1S/C35H30F3N2O6P/c36-35(37,38)31-14-8-7-13-29(31)32-17-26-15-16-27(18-30(26)33(41)39-32)40-19-28(46-34(40)42)22-43-23-47(44-20-24-9-3-1-4-10-24)45-21-25-11-5-2-6-12-25/h1-18,28H,19-23H2,(H,39,41). The van der Waals surface area contributed by atoms with Gasteiger partial charge in [0.25, 0.3) is 5.56 Å². The molecule has 6 rings (SSSR count). The van der Waals surface area contributed by atoms with Crippen LogP contribution < -0.4 is 10.5 Å². The van der Waals surface area contributed by atoms with Crippen molar-refractivity contribution >= 4 is 30.9 Å². The van der Waals surface area contributed by atoms with Crippen LogP contribution in [-0.4, -0.2) is 36.7 Å². The Bertz CT molecular complexity index is 1840. The van der Waals surface area contributed by atoms with Crippen LogP contribution in [0.5, 0.6) is 0 Å². The zero-order valence-corrected chi connectivity index (χ0v) is 25.9. The zero-order valence-electron chi connectivity index (χ0n) is 25.0. The van der Waals surface area contributed by atoms with E-state index in [1.165, 1.54) is 35.2 Å². The Balaban J connectivity index is 1.10. The van der Waals surface area contributed by atoms with Crippen LogP contribution in [0.3, 0.4) is 0 Å². The summed E-state index contributed by atoms with van der Waals surface area (Å²) in [6.45, 7) is 0.982. The van der Waals surface area contributed by atoms with Crippen LogP contribution in [-0.2, 0) is 37.9 Å². The second-order valence-electron chi connectivity index (χ2n) is 10.8. The third-order valence-corrected chi connectivity index (χ3v) is 8.70. The number of nitrogens with zero attached hydrogens (tertiary/aromatic N) is 1. The summed E-state index contributed by atoms with van der Waals surface area (Å²) < 4.78 is 64.3. The number of aromatic nitrogens is 1. The Morgan fingerprint density at radius 3 is 2.13 bits per heavy atom. The molecule has 1 aliphatic rings. The van der Waals surface area contributed by atoms with Crippen LogP contribution in [0.1, 0.15) is 16.7 Å². The van der Waals surface area contributed by atoms with Crippen molar-refractivity contribution in [3.8, 4) is 11.3 Å². The highest BCUT2D eigenvalue weighted by Crippen LogP contribution is 2.41. The largest absolute Gasteiger partial charge is 0.441 e. The van der Waals surface area contributed by atoms with E-state index >= 15 is 0 Å². The Hall–Kier alpha value is -4.54. The monoisotopic (exact) mass is 662 g/mol. The number of amides is 1. The number of H-pyrrole nitrogens is 1. The number of cyclic esters (lactones) is 1. The third-order valence-electron chi connectivity index (χ3n) is 7.47. The molecule has 242 valence electrons. The number of alkyl halides is 3. The quantitative estimate of drug-likeness (QED) is 0.135. The van der Waals surface area contributed by atoms with Gasteiger partial charge < -0.3 is 23.5 Å². The number of carbonyl (C=O) groups excluding carboxylic acids is 1. The molecule has 0 bridgehead atoms. The lowest BCUT2D eigenvalue weighted by molar-refractivity contribution is -0.137. The Kier molecular flexibility index (Phi) is 9.98. The van der Waals surface area contributed by atoms with E-state index < -0.39 is 37.9 Å². The average molecular weight is 663 g/mol. The Morgan fingerprint density at radius 2 is 1.47 bits per heavy atom. The number of ether oxygens (including phenoxy) is 2. The molecule has 12 heteroatoms. The van der Waals surface area contributed by atoms with Crippen LogP contribution in [0.25, 0.3) is 22.0 Å². The van der Waals surface area contributed by atoms with Gasteiger partial charge in [0.2, 0.25) is 0 Å². The molecule has 1 amide bonds. The summed E-state index contributed by atoms with van der Waals surface area (Å²) >= 11 is 0. The van der Waals surface area contributed by atoms with Crippen molar-refractivity contribution in [1.82, 2.24) is 4.98 Å². The van der Waals surface area contributed by atoms with Gasteiger partial charge in [-0.1, -0.05) is 84.9 Å². The lowest BCUT2D eigenvalue weighted by Gasteiger charge is -2.19. The van der Waals surface area contributed by atoms with Gasteiger partial charge in [0.15, 0.2) is 8.38 Å². The molecule has 1 atom stereocenters. The van der Waals surface area contributed by atoms with E-state index in [4.69, 9.17) is 18.5 Å². The summed E-state index contributed by atoms with van der Waals surface area (Å²) in [5, 5.41) is 0.649. The van der Waals surface area contributed by atoms with Crippen LogP contribution in [0.15, 0.2) is 114 Å².